The molecule has 16 aromatic rings. The van der Waals surface area contributed by atoms with E-state index in [0.29, 0.717) is 0 Å². The fraction of sp³-hybridized carbons (Fsp3) is 0.106. The van der Waals surface area contributed by atoms with Crippen LogP contribution in [0.15, 0.2) is 291 Å². The maximum atomic E-state index is 2.56. The van der Waals surface area contributed by atoms with E-state index in [-0.39, 0.29) is 10.8 Å². The van der Waals surface area contributed by atoms with Crippen LogP contribution in [0.3, 0.4) is 0 Å². The van der Waals surface area contributed by atoms with Crippen molar-refractivity contribution in [2.75, 3.05) is 9.80 Å². The Morgan fingerprint density at radius 2 is 0.510 bits per heavy atom. The van der Waals surface area contributed by atoms with Crippen molar-refractivity contribution >= 4 is 98.8 Å². The van der Waals surface area contributed by atoms with Crippen LogP contribution in [0, 0.1) is 27.7 Å². The summed E-state index contributed by atoms with van der Waals surface area (Å²) in [5, 5.41) is 15.1. The number of hydrogen-bond donors (Lipinski definition) is 0. The number of fused-ring (bicyclic) bond motifs is 18. The summed E-state index contributed by atoms with van der Waals surface area (Å²) in [5.74, 6) is 0. The highest BCUT2D eigenvalue weighted by Gasteiger charge is 2.38. The molecule has 0 amide bonds. The van der Waals surface area contributed by atoms with Crippen molar-refractivity contribution in [1.29, 1.82) is 0 Å². The number of para-hydroxylation sites is 2. The van der Waals surface area contributed by atoms with Crippen LogP contribution in [0.5, 0.6) is 0 Å². The molecule has 0 spiro atoms. The molecule has 16 aromatic carbocycles. The van der Waals surface area contributed by atoms with Crippen molar-refractivity contribution in [2.45, 2.75) is 66.2 Å². The first-order valence-electron chi connectivity index (χ1n) is 34.0. The first-order chi connectivity index (χ1) is 46.8. The fourth-order valence-electron chi connectivity index (χ4n) is 17.1. The number of benzene rings is 16. The zero-order valence-corrected chi connectivity index (χ0v) is 55.6. The maximum Gasteiger partial charge on any atom is 0.0569 e. The van der Waals surface area contributed by atoms with Gasteiger partial charge in [-0.3, -0.25) is 0 Å². The molecule has 0 N–H and O–H groups in total. The Bertz CT molecular complexity index is 5540. The fourth-order valence-corrected chi connectivity index (χ4v) is 17.1. The van der Waals surface area contributed by atoms with E-state index in [9.17, 15) is 0 Å². The molecule has 2 heteroatoms. The smallest absolute Gasteiger partial charge is 0.0569 e. The van der Waals surface area contributed by atoms with Gasteiger partial charge in [0.15, 0.2) is 0 Å². The topological polar surface area (TPSA) is 6.48 Å². The quantitative estimate of drug-likeness (QED) is 0.133. The van der Waals surface area contributed by atoms with Gasteiger partial charge in [-0.2, -0.15) is 0 Å². The number of aryl methyl sites for hydroxylation is 4. The predicted octanol–water partition coefficient (Wildman–Crippen LogP) is 26.4. The molecule has 2 aliphatic rings. The van der Waals surface area contributed by atoms with Gasteiger partial charge in [0.2, 0.25) is 0 Å². The molecule has 0 saturated heterocycles. The summed E-state index contributed by atoms with van der Waals surface area (Å²) in [7, 11) is 0. The third-order valence-electron chi connectivity index (χ3n) is 21.9. The zero-order valence-electron chi connectivity index (χ0n) is 55.6. The van der Waals surface area contributed by atoms with Crippen LogP contribution in [0.2, 0.25) is 0 Å². The van der Waals surface area contributed by atoms with Crippen molar-refractivity contribution < 1.29 is 0 Å². The van der Waals surface area contributed by atoms with Gasteiger partial charge in [-0.15, -0.1) is 0 Å². The van der Waals surface area contributed by atoms with E-state index in [1.807, 2.05) is 0 Å². The Balaban J connectivity index is 0.801. The highest BCUT2D eigenvalue weighted by Crippen LogP contribution is 2.55. The van der Waals surface area contributed by atoms with Gasteiger partial charge in [-0.1, -0.05) is 258 Å². The standard InChI is InChI=1S/C94H72N2/c1-57-23-21-35-67(63-39-45-81-79-33-17-19-37-85(79)93(5,6)87(81)53-63)91(57)95(65-43-47-77-73-29-11-9-25-69(73)71-27-13-15-31-75(71)83(77)55-65)89-49-41-61(51-59(89)3)62-42-50-90(60(4)52-62)96(66-44-48-78-74-30-12-10-26-70(74)72-28-14-16-32-76(72)84(78)56-66)92-58(2)24-22-36-68(92)64-40-46-82-80-34-18-20-38-86(80)94(7,8)88(82)54-64/h9-56H,1-8H3. The molecule has 0 saturated carbocycles. The third-order valence-corrected chi connectivity index (χ3v) is 21.9. The van der Waals surface area contributed by atoms with Crippen molar-refractivity contribution in [1.82, 2.24) is 0 Å². The third kappa shape index (κ3) is 8.64. The van der Waals surface area contributed by atoms with Gasteiger partial charge in [0, 0.05) is 44.7 Å². The molecule has 18 rings (SSSR count). The summed E-state index contributed by atoms with van der Waals surface area (Å²) in [6.45, 7) is 18.7. The Hall–Kier alpha value is -11.3. The second kappa shape index (κ2) is 21.6. The molecule has 0 aliphatic heterocycles. The normalized spacial score (nSPS) is 13.4. The second-order valence-electron chi connectivity index (χ2n) is 28.1. The first kappa shape index (κ1) is 57.4. The van der Waals surface area contributed by atoms with Crippen LogP contribution in [-0.2, 0) is 10.8 Å². The van der Waals surface area contributed by atoms with Gasteiger partial charge >= 0.3 is 0 Å². The highest BCUT2D eigenvalue weighted by molar-refractivity contribution is 6.27. The lowest BCUT2D eigenvalue weighted by molar-refractivity contribution is 0.660. The summed E-state index contributed by atoms with van der Waals surface area (Å²) < 4.78 is 0. The molecule has 96 heavy (non-hydrogen) atoms. The van der Waals surface area contributed by atoms with E-state index < -0.39 is 0 Å². The van der Waals surface area contributed by atoms with Crippen LogP contribution >= 0.6 is 0 Å². The Morgan fingerprint density at radius 3 is 0.875 bits per heavy atom. The van der Waals surface area contributed by atoms with E-state index in [1.54, 1.807) is 0 Å². The average molecular weight is 1230 g/mol. The maximum absolute atomic E-state index is 2.56. The molecule has 0 unspecified atom stereocenters. The van der Waals surface area contributed by atoms with Gasteiger partial charge < -0.3 is 9.80 Å². The van der Waals surface area contributed by atoms with Crippen LogP contribution < -0.4 is 9.80 Å². The van der Waals surface area contributed by atoms with Crippen molar-refractivity contribution in [3.05, 3.63) is 336 Å². The molecule has 0 bridgehead atoms. The van der Waals surface area contributed by atoms with Gasteiger partial charge in [-0.25, -0.2) is 0 Å². The minimum atomic E-state index is -0.145. The summed E-state index contributed by atoms with van der Waals surface area (Å²) in [4.78, 5) is 5.12. The number of rotatable bonds is 9. The summed E-state index contributed by atoms with van der Waals surface area (Å²) in [5.41, 5.74) is 29.3. The van der Waals surface area contributed by atoms with Crippen molar-refractivity contribution in [3.63, 3.8) is 0 Å². The number of anilines is 6. The highest BCUT2D eigenvalue weighted by atomic mass is 15.2. The average Bonchev–Trinajstić information content (AvgIpc) is 1.42. The van der Waals surface area contributed by atoms with Crippen LogP contribution in [0.25, 0.3) is 120 Å². The number of nitrogens with zero attached hydrogens (tertiary/aromatic N) is 2. The van der Waals surface area contributed by atoms with Gasteiger partial charge in [-0.05, 0) is 242 Å². The lowest BCUT2D eigenvalue weighted by atomic mass is 9.81. The predicted molar refractivity (Wildman–Crippen MR) is 411 cm³/mol. The van der Waals surface area contributed by atoms with Crippen LogP contribution in [0.4, 0.5) is 34.1 Å². The van der Waals surface area contributed by atoms with Crippen LogP contribution in [0.1, 0.15) is 72.2 Å². The van der Waals surface area contributed by atoms with E-state index >= 15 is 0 Å². The molecule has 0 heterocycles. The van der Waals surface area contributed by atoms with E-state index in [1.165, 1.54) is 176 Å². The summed E-state index contributed by atoms with van der Waals surface area (Å²) in [6.07, 6.45) is 0. The largest absolute Gasteiger partial charge is 0.309 e. The van der Waals surface area contributed by atoms with Gasteiger partial charge in [0.05, 0.1) is 11.4 Å². The van der Waals surface area contributed by atoms with Crippen LogP contribution in [-0.4, -0.2) is 0 Å². The second-order valence-corrected chi connectivity index (χ2v) is 28.1. The lowest BCUT2D eigenvalue weighted by Crippen LogP contribution is -2.16. The Labute approximate surface area is 562 Å². The molecular weight excluding hydrogens is 1160 g/mol. The van der Waals surface area contributed by atoms with E-state index in [0.717, 1.165) is 22.7 Å². The van der Waals surface area contributed by atoms with Crippen molar-refractivity contribution in [3.8, 4) is 55.6 Å². The Morgan fingerprint density at radius 1 is 0.208 bits per heavy atom. The molecule has 0 fully saturated rings. The minimum Gasteiger partial charge on any atom is -0.309 e. The van der Waals surface area contributed by atoms with Gasteiger partial charge in [0.25, 0.3) is 0 Å². The SMILES string of the molecule is Cc1cc(-c2ccc(N(c3ccc4c5ccccc5c5ccccc5c4c3)c3c(C)cccc3-c3ccc4c(c3)C(C)(C)c3ccccc3-4)c(C)c2)ccc1N(c1ccc2c3ccccc3c3ccccc3c2c1)c1c(C)cccc1-c1ccc2c(c1)C(C)(C)c1ccccc1-2. The molecule has 2 aliphatic carbocycles. The number of hydrogen-bond acceptors (Lipinski definition) is 2. The van der Waals surface area contributed by atoms with Gasteiger partial charge in [0.1, 0.15) is 0 Å². The molecule has 0 atom stereocenters. The van der Waals surface area contributed by atoms with E-state index in [4.69, 9.17) is 0 Å². The van der Waals surface area contributed by atoms with E-state index in [2.05, 4.69) is 356 Å². The first-order valence-corrected chi connectivity index (χ1v) is 34.0. The summed E-state index contributed by atoms with van der Waals surface area (Å²) >= 11 is 0. The monoisotopic (exact) mass is 1230 g/mol. The molecule has 0 aromatic heterocycles. The molecular formula is C94H72N2. The Kier molecular flexibility index (Phi) is 12.9. The molecule has 458 valence electrons. The summed E-state index contributed by atoms with van der Waals surface area (Å²) in [6, 6.07) is 110. The van der Waals surface area contributed by atoms with Crippen molar-refractivity contribution in [2.24, 2.45) is 0 Å². The zero-order chi connectivity index (χ0) is 64.9. The minimum absolute atomic E-state index is 0.145. The molecule has 2 nitrogen and oxygen atoms in total. The molecule has 0 radical (unpaired) electrons. The lowest BCUT2D eigenvalue weighted by Gasteiger charge is -2.32.